The van der Waals surface area contributed by atoms with Gasteiger partial charge in [-0.05, 0) is 30.7 Å². The number of hydrogen-bond donors (Lipinski definition) is 1. The molecule has 1 unspecified atom stereocenters. The van der Waals surface area contributed by atoms with Crippen LogP contribution in [-0.2, 0) is 9.53 Å². The number of carbonyl (C=O) groups is 2. The largest absolute Gasteiger partial charge is 0.478 e. The number of carboxylic acids is 1. The molecule has 1 saturated heterocycles. The number of morpholine rings is 1. The van der Waals surface area contributed by atoms with Crippen molar-refractivity contribution in [3.8, 4) is 0 Å². The second-order valence-corrected chi connectivity index (χ2v) is 4.84. The molecule has 0 saturated carbocycles. The molecule has 6 heteroatoms. The third-order valence-corrected chi connectivity index (χ3v) is 3.17. The molecule has 1 aromatic rings. The number of amides is 1. The highest BCUT2D eigenvalue weighted by Gasteiger charge is 2.24. The Bertz CT molecular complexity index is 585. The summed E-state index contributed by atoms with van der Waals surface area (Å²) in [5.74, 6) is -2.15. The summed E-state index contributed by atoms with van der Waals surface area (Å²) < 4.78 is 19.4. The molecule has 0 aromatic heterocycles. The molecule has 112 valence electrons. The van der Waals surface area contributed by atoms with Gasteiger partial charge in [0.1, 0.15) is 5.82 Å². The van der Waals surface area contributed by atoms with Crippen LogP contribution >= 0.6 is 0 Å². The standard InChI is InChI=1S/C15H16FNO4/c1-10-9-17(6-7-21-10)15(20)12-4-2-11(8-13(12)16)3-5-14(18)19/h2-5,8,10H,6-7,9H2,1H3,(H,18,19). The Labute approximate surface area is 121 Å². The van der Waals surface area contributed by atoms with Gasteiger partial charge in [-0.2, -0.15) is 0 Å². The summed E-state index contributed by atoms with van der Waals surface area (Å²) in [7, 11) is 0. The third kappa shape index (κ3) is 3.88. The lowest BCUT2D eigenvalue weighted by Gasteiger charge is -2.31. The second kappa shape index (κ2) is 6.49. The van der Waals surface area contributed by atoms with Gasteiger partial charge in [-0.15, -0.1) is 0 Å². The molecule has 0 bridgehead atoms. The fourth-order valence-corrected chi connectivity index (χ4v) is 2.15. The van der Waals surface area contributed by atoms with Gasteiger partial charge in [0.15, 0.2) is 0 Å². The van der Waals surface area contributed by atoms with Crippen molar-refractivity contribution < 1.29 is 23.8 Å². The number of ether oxygens (including phenoxy) is 1. The number of carbonyl (C=O) groups excluding carboxylic acids is 1. The van der Waals surface area contributed by atoms with E-state index in [2.05, 4.69) is 0 Å². The molecule has 1 aliphatic heterocycles. The predicted octanol–water partition coefficient (Wildman–Crippen LogP) is 1.78. The average Bonchev–Trinajstić information content (AvgIpc) is 2.44. The van der Waals surface area contributed by atoms with E-state index in [9.17, 15) is 14.0 Å². The van der Waals surface area contributed by atoms with Crippen molar-refractivity contribution in [3.05, 3.63) is 41.2 Å². The van der Waals surface area contributed by atoms with Crippen molar-refractivity contribution in [2.24, 2.45) is 0 Å². The Morgan fingerprint density at radius 1 is 1.48 bits per heavy atom. The SMILES string of the molecule is CC1CN(C(=O)c2ccc(C=CC(=O)O)cc2F)CCO1. The Kier molecular flexibility index (Phi) is 4.70. The molecule has 1 aromatic carbocycles. The average molecular weight is 293 g/mol. The van der Waals surface area contributed by atoms with E-state index in [4.69, 9.17) is 9.84 Å². The van der Waals surface area contributed by atoms with Crippen LogP contribution in [0.25, 0.3) is 6.08 Å². The molecule has 21 heavy (non-hydrogen) atoms. The zero-order valence-electron chi connectivity index (χ0n) is 11.6. The molecule has 0 spiro atoms. The lowest BCUT2D eigenvalue weighted by molar-refractivity contribution is -0.131. The van der Waals surface area contributed by atoms with Crippen molar-refractivity contribution in [1.82, 2.24) is 4.90 Å². The summed E-state index contributed by atoms with van der Waals surface area (Å²) >= 11 is 0. The minimum absolute atomic E-state index is 0.0171. The first kappa shape index (κ1) is 15.2. The van der Waals surface area contributed by atoms with Gasteiger partial charge >= 0.3 is 5.97 Å². The van der Waals surface area contributed by atoms with Crippen LogP contribution in [-0.4, -0.2) is 47.7 Å². The Morgan fingerprint density at radius 3 is 2.86 bits per heavy atom. The quantitative estimate of drug-likeness (QED) is 0.863. The number of rotatable bonds is 3. The molecule has 1 amide bonds. The Morgan fingerprint density at radius 2 is 2.24 bits per heavy atom. The zero-order chi connectivity index (χ0) is 15.4. The first-order valence-corrected chi connectivity index (χ1v) is 6.59. The van der Waals surface area contributed by atoms with Crippen LogP contribution < -0.4 is 0 Å². The second-order valence-electron chi connectivity index (χ2n) is 4.84. The normalized spacial score (nSPS) is 19.0. The molecule has 5 nitrogen and oxygen atoms in total. The highest BCUT2D eigenvalue weighted by molar-refractivity contribution is 5.95. The van der Waals surface area contributed by atoms with Crippen LogP contribution in [0.3, 0.4) is 0 Å². The van der Waals surface area contributed by atoms with Gasteiger partial charge in [-0.25, -0.2) is 9.18 Å². The maximum absolute atomic E-state index is 14.0. The van der Waals surface area contributed by atoms with E-state index in [1.165, 1.54) is 18.2 Å². The van der Waals surface area contributed by atoms with Gasteiger partial charge in [0.25, 0.3) is 5.91 Å². The fraction of sp³-hybridized carbons (Fsp3) is 0.333. The maximum Gasteiger partial charge on any atom is 0.328 e. The van der Waals surface area contributed by atoms with E-state index in [0.29, 0.717) is 25.3 Å². The smallest absolute Gasteiger partial charge is 0.328 e. The van der Waals surface area contributed by atoms with Gasteiger partial charge < -0.3 is 14.7 Å². The number of aliphatic carboxylic acids is 1. The van der Waals surface area contributed by atoms with Gasteiger partial charge in [-0.1, -0.05) is 6.07 Å². The summed E-state index contributed by atoms with van der Waals surface area (Å²) in [5, 5.41) is 8.53. The Balaban J connectivity index is 2.16. The van der Waals surface area contributed by atoms with Crippen LogP contribution in [0.1, 0.15) is 22.8 Å². The summed E-state index contributed by atoms with van der Waals surface area (Å²) in [5.41, 5.74) is 0.373. The summed E-state index contributed by atoms with van der Waals surface area (Å²) in [6, 6.07) is 4.04. The first-order valence-electron chi connectivity index (χ1n) is 6.59. The minimum atomic E-state index is -1.11. The fourth-order valence-electron chi connectivity index (χ4n) is 2.15. The van der Waals surface area contributed by atoms with Crippen LogP contribution in [0.5, 0.6) is 0 Å². The topological polar surface area (TPSA) is 66.8 Å². The monoisotopic (exact) mass is 293 g/mol. The molecule has 1 N–H and O–H groups in total. The van der Waals surface area contributed by atoms with Crippen LogP contribution in [0.15, 0.2) is 24.3 Å². The molecular weight excluding hydrogens is 277 g/mol. The van der Waals surface area contributed by atoms with E-state index in [-0.39, 0.29) is 17.6 Å². The van der Waals surface area contributed by atoms with Crippen molar-refractivity contribution >= 4 is 18.0 Å². The molecule has 1 fully saturated rings. The maximum atomic E-state index is 14.0. The lowest BCUT2D eigenvalue weighted by Crippen LogP contribution is -2.44. The van der Waals surface area contributed by atoms with Gasteiger partial charge in [0.05, 0.1) is 18.3 Å². The van der Waals surface area contributed by atoms with Crippen molar-refractivity contribution in [3.63, 3.8) is 0 Å². The summed E-state index contributed by atoms with van der Waals surface area (Å²) in [6.07, 6.45) is 2.12. The number of benzene rings is 1. The van der Waals surface area contributed by atoms with Crippen LogP contribution in [0.4, 0.5) is 4.39 Å². The molecule has 0 radical (unpaired) electrons. The highest BCUT2D eigenvalue weighted by Crippen LogP contribution is 2.16. The van der Waals surface area contributed by atoms with E-state index in [0.717, 1.165) is 12.1 Å². The number of carboxylic acid groups (broad SMARTS) is 1. The minimum Gasteiger partial charge on any atom is -0.478 e. The zero-order valence-corrected chi connectivity index (χ0v) is 11.6. The van der Waals surface area contributed by atoms with Crippen LogP contribution in [0, 0.1) is 5.82 Å². The Hall–Kier alpha value is -2.21. The van der Waals surface area contributed by atoms with E-state index < -0.39 is 11.8 Å². The lowest BCUT2D eigenvalue weighted by atomic mass is 10.1. The molecule has 1 heterocycles. The molecular formula is C15H16FNO4. The summed E-state index contributed by atoms with van der Waals surface area (Å²) in [4.78, 5) is 24.2. The number of nitrogens with zero attached hydrogens (tertiary/aromatic N) is 1. The van der Waals surface area contributed by atoms with Crippen molar-refractivity contribution in [1.29, 1.82) is 0 Å². The third-order valence-electron chi connectivity index (χ3n) is 3.17. The van der Waals surface area contributed by atoms with Crippen molar-refractivity contribution in [2.45, 2.75) is 13.0 Å². The number of hydrogen-bond acceptors (Lipinski definition) is 3. The van der Waals surface area contributed by atoms with Gasteiger partial charge in [0, 0.05) is 19.2 Å². The predicted molar refractivity (Wildman–Crippen MR) is 74.4 cm³/mol. The summed E-state index contributed by atoms with van der Waals surface area (Å²) in [6.45, 7) is 3.16. The van der Waals surface area contributed by atoms with Crippen molar-refractivity contribution in [2.75, 3.05) is 19.7 Å². The first-order chi connectivity index (χ1) is 9.97. The van der Waals surface area contributed by atoms with Gasteiger partial charge in [0.2, 0.25) is 0 Å². The van der Waals surface area contributed by atoms with E-state index in [1.807, 2.05) is 6.92 Å². The molecule has 2 rings (SSSR count). The molecule has 0 aliphatic carbocycles. The van der Waals surface area contributed by atoms with Crippen LogP contribution in [0.2, 0.25) is 0 Å². The highest BCUT2D eigenvalue weighted by atomic mass is 19.1. The van der Waals surface area contributed by atoms with Gasteiger partial charge in [-0.3, -0.25) is 4.79 Å². The van der Waals surface area contributed by atoms with E-state index >= 15 is 0 Å². The van der Waals surface area contributed by atoms with E-state index in [1.54, 1.807) is 4.90 Å². The number of halogens is 1. The molecule has 1 aliphatic rings. The molecule has 1 atom stereocenters.